The van der Waals surface area contributed by atoms with E-state index in [-0.39, 0.29) is 5.69 Å². The summed E-state index contributed by atoms with van der Waals surface area (Å²) < 4.78 is 0. The highest BCUT2D eigenvalue weighted by Crippen LogP contribution is 2.18. The lowest BCUT2D eigenvalue weighted by Gasteiger charge is -2.01. The van der Waals surface area contributed by atoms with Crippen LogP contribution in [0.25, 0.3) is 11.6 Å². The molecular formula is C14H12N2O2. The molecule has 0 saturated heterocycles. The maximum Gasteiger partial charge on any atom is 0.269 e. The van der Waals surface area contributed by atoms with Gasteiger partial charge in [0.2, 0.25) is 0 Å². The summed E-state index contributed by atoms with van der Waals surface area (Å²) in [5.74, 6) is 0. The van der Waals surface area contributed by atoms with Gasteiger partial charge in [0.05, 0.1) is 4.92 Å². The van der Waals surface area contributed by atoms with Gasteiger partial charge in [0, 0.05) is 24.5 Å². The molecule has 0 amide bonds. The Bertz CT molecular complexity index is 575. The quantitative estimate of drug-likeness (QED) is 0.609. The van der Waals surface area contributed by atoms with E-state index in [1.165, 1.54) is 12.1 Å². The predicted octanol–water partition coefficient (Wildman–Crippen LogP) is 3.55. The van der Waals surface area contributed by atoms with Crippen LogP contribution in [-0.2, 0) is 0 Å². The van der Waals surface area contributed by atoms with Gasteiger partial charge in [0.15, 0.2) is 0 Å². The second kappa shape index (κ2) is 5.23. The first-order chi connectivity index (χ1) is 8.66. The lowest BCUT2D eigenvalue weighted by molar-refractivity contribution is -0.384. The first-order valence-corrected chi connectivity index (χ1v) is 5.50. The van der Waals surface area contributed by atoms with E-state index < -0.39 is 4.92 Å². The van der Waals surface area contributed by atoms with Gasteiger partial charge in [-0.1, -0.05) is 6.08 Å². The molecular weight excluding hydrogens is 228 g/mol. The number of benzene rings is 1. The number of hydrogen-bond acceptors (Lipinski definition) is 3. The van der Waals surface area contributed by atoms with Crippen molar-refractivity contribution >= 4 is 17.3 Å². The first kappa shape index (κ1) is 12.0. The Labute approximate surface area is 105 Å². The third-order valence-electron chi connectivity index (χ3n) is 2.62. The maximum atomic E-state index is 10.5. The van der Waals surface area contributed by atoms with Crippen LogP contribution in [0.15, 0.2) is 48.8 Å². The monoisotopic (exact) mass is 240 g/mol. The molecule has 1 heterocycles. The van der Waals surface area contributed by atoms with E-state index in [1.54, 1.807) is 24.5 Å². The Morgan fingerprint density at radius 3 is 2.33 bits per heavy atom. The molecule has 1 aromatic carbocycles. The van der Waals surface area contributed by atoms with Crippen molar-refractivity contribution in [2.45, 2.75) is 6.92 Å². The van der Waals surface area contributed by atoms with Crippen molar-refractivity contribution in [3.8, 4) is 0 Å². The molecule has 0 atom stereocenters. The minimum atomic E-state index is -0.400. The summed E-state index contributed by atoms with van der Waals surface area (Å²) in [6.45, 7) is 2.00. The Morgan fingerprint density at radius 2 is 1.78 bits per heavy atom. The smallest absolute Gasteiger partial charge is 0.265 e. The van der Waals surface area contributed by atoms with E-state index in [2.05, 4.69) is 4.98 Å². The van der Waals surface area contributed by atoms with E-state index in [1.807, 2.05) is 25.1 Å². The fraction of sp³-hybridized carbons (Fsp3) is 0.0714. The molecule has 0 N–H and O–H groups in total. The molecule has 0 aliphatic heterocycles. The van der Waals surface area contributed by atoms with Crippen LogP contribution in [0.4, 0.5) is 5.69 Å². The molecule has 90 valence electrons. The Balaban J connectivity index is 2.25. The van der Waals surface area contributed by atoms with Crippen molar-refractivity contribution < 1.29 is 4.92 Å². The van der Waals surface area contributed by atoms with E-state index in [9.17, 15) is 10.1 Å². The standard InChI is InChI=1S/C14H12N2O2/c1-11(13-6-8-15-9-7-13)10-12-2-4-14(5-3-12)16(17)18/h2-10H,1H3. The zero-order valence-corrected chi connectivity index (χ0v) is 9.91. The highest BCUT2D eigenvalue weighted by atomic mass is 16.6. The van der Waals surface area contributed by atoms with Crippen molar-refractivity contribution in [1.82, 2.24) is 4.98 Å². The second-order valence-corrected chi connectivity index (χ2v) is 3.91. The van der Waals surface area contributed by atoms with Crippen LogP contribution in [0.2, 0.25) is 0 Å². The van der Waals surface area contributed by atoms with Crippen LogP contribution in [-0.4, -0.2) is 9.91 Å². The fourth-order valence-corrected chi connectivity index (χ4v) is 1.64. The number of nitro groups is 1. The maximum absolute atomic E-state index is 10.5. The van der Waals surface area contributed by atoms with Crippen LogP contribution in [0.5, 0.6) is 0 Å². The first-order valence-electron chi connectivity index (χ1n) is 5.50. The van der Waals surface area contributed by atoms with Gasteiger partial charge in [-0.25, -0.2) is 0 Å². The summed E-state index contributed by atoms with van der Waals surface area (Å²) in [4.78, 5) is 14.1. The summed E-state index contributed by atoms with van der Waals surface area (Å²) in [6, 6.07) is 10.3. The van der Waals surface area contributed by atoms with Gasteiger partial charge in [0.1, 0.15) is 0 Å². The third kappa shape index (κ3) is 2.79. The van der Waals surface area contributed by atoms with Crippen molar-refractivity contribution in [3.05, 3.63) is 70.0 Å². The van der Waals surface area contributed by atoms with Crippen LogP contribution in [0, 0.1) is 10.1 Å². The van der Waals surface area contributed by atoms with Gasteiger partial charge in [-0.05, 0) is 47.9 Å². The Kier molecular flexibility index (Phi) is 3.48. The van der Waals surface area contributed by atoms with Crippen molar-refractivity contribution in [1.29, 1.82) is 0 Å². The van der Waals surface area contributed by atoms with E-state index in [4.69, 9.17) is 0 Å². The summed E-state index contributed by atoms with van der Waals surface area (Å²) in [5, 5.41) is 10.5. The molecule has 0 radical (unpaired) electrons. The molecule has 0 saturated carbocycles. The molecule has 4 nitrogen and oxygen atoms in total. The lowest BCUT2D eigenvalue weighted by atomic mass is 10.1. The van der Waals surface area contributed by atoms with Crippen molar-refractivity contribution in [2.75, 3.05) is 0 Å². The van der Waals surface area contributed by atoms with E-state index in [0.717, 1.165) is 16.7 Å². The van der Waals surface area contributed by atoms with Gasteiger partial charge in [-0.3, -0.25) is 15.1 Å². The van der Waals surface area contributed by atoms with Gasteiger partial charge in [0.25, 0.3) is 5.69 Å². The summed E-state index contributed by atoms with van der Waals surface area (Å²) in [7, 11) is 0. The molecule has 0 fully saturated rings. The van der Waals surface area contributed by atoms with Crippen LogP contribution >= 0.6 is 0 Å². The Hall–Kier alpha value is -2.49. The molecule has 18 heavy (non-hydrogen) atoms. The minimum absolute atomic E-state index is 0.105. The average molecular weight is 240 g/mol. The number of pyridine rings is 1. The number of hydrogen-bond donors (Lipinski definition) is 0. The third-order valence-corrected chi connectivity index (χ3v) is 2.62. The topological polar surface area (TPSA) is 56.0 Å². The summed E-state index contributed by atoms with van der Waals surface area (Å²) in [5.41, 5.74) is 3.22. The normalized spacial score (nSPS) is 11.3. The summed E-state index contributed by atoms with van der Waals surface area (Å²) >= 11 is 0. The van der Waals surface area contributed by atoms with Crippen LogP contribution in [0.3, 0.4) is 0 Å². The van der Waals surface area contributed by atoms with Gasteiger partial charge < -0.3 is 0 Å². The molecule has 0 aliphatic carbocycles. The number of allylic oxidation sites excluding steroid dienone is 1. The van der Waals surface area contributed by atoms with Gasteiger partial charge >= 0.3 is 0 Å². The second-order valence-electron chi connectivity index (χ2n) is 3.91. The number of aromatic nitrogens is 1. The van der Waals surface area contributed by atoms with Gasteiger partial charge in [-0.15, -0.1) is 0 Å². The molecule has 0 spiro atoms. The number of nitrogens with zero attached hydrogens (tertiary/aromatic N) is 2. The molecule has 0 unspecified atom stereocenters. The molecule has 2 rings (SSSR count). The molecule has 0 aliphatic rings. The Morgan fingerprint density at radius 1 is 1.17 bits per heavy atom. The van der Waals surface area contributed by atoms with Gasteiger partial charge in [-0.2, -0.15) is 0 Å². The van der Waals surface area contributed by atoms with Crippen LogP contribution in [0.1, 0.15) is 18.1 Å². The minimum Gasteiger partial charge on any atom is -0.265 e. The highest BCUT2D eigenvalue weighted by molar-refractivity contribution is 5.80. The fourth-order valence-electron chi connectivity index (χ4n) is 1.64. The largest absolute Gasteiger partial charge is 0.269 e. The zero-order valence-electron chi connectivity index (χ0n) is 9.91. The lowest BCUT2D eigenvalue weighted by Crippen LogP contribution is -1.87. The molecule has 1 aromatic heterocycles. The van der Waals surface area contributed by atoms with E-state index in [0.29, 0.717) is 0 Å². The zero-order chi connectivity index (χ0) is 13.0. The summed E-state index contributed by atoms with van der Waals surface area (Å²) in [6.07, 6.45) is 5.46. The van der Waals surface area contributed by atoms with Crippen molar-refractivity contribution in [2.24, 2.45) is 0 Å². The highest BCUT2D eigenvalue weighted by Gasteiger charge is 2.03. The van der Waals surface area contributed by atoms with Crippen LogP contribution < -0.4 is 0 Å². The number of nitro benzene ring substituents is 1. The molecule has 4 heteroatoms. The average Bonchev–Trinajstić information content (AvgIpc) is 2.40. The SMILES string of the molecule is CC(=Cc1ccc([N+](=O)[O-])cc1)c1ccncc1. The molecule has 2 aromatic rings. The number of non-ortho nitro benzene ring substituents is 1. The van der Waals surface area contributed by atoms with Crippen molar-refractivity contribution in [3.63, 3.8) is 0 Å². The van der Waals surface area contributed by atoms with E-state index >= 15 is 0 Å². The molecule has 0 bridgehead atoms. The predicted molar refractivity (Wildman–Crippen MR) is 70.9 cm³/mol. The number of rotatable bonds is 3.